The quantitative estimate of drug-likeness (QED) is 0.758. The molecule has 0 heterocycles. The Kier molecular flexibility index (Phi) is 3.11. The van der Waals surface area contributed by atoms with Crippen molar-refractivity contribution in [1.29, 1.82) is 0 Å². The average molecular weight is 244 g/mol. The zero-order valence-electron chi connectivity index (χ0n) is 10.9. The summed E-state index contributed by atoms with van der Waals surface area (Å²) in [6, 6.07) is 8.47. The van der Waals surface area contributed by atoms with Crippen LogP contribution in [0.2, 0.25) is 0 Å². The Morgan fingerprint density at radius 1 is 1.33 bits per heavy atom. The molecule has 1 fully saturated rings. The molecule has 2 heteroatoms. The van der Waals surface area contributed by atoms with Gasteiger partial charge in [-0.2, -0.15) is 0 Å². The third-order valence-electron chi connectivity index (χ3n) is 4.27. The first-order chi connectivity index (χ1) is 8.74. The molecule has 1 aromatic carbocycles. The van der Waals surface area contributed by atoms with Crippen molar-refractivity contribution in [2.45, 2.75) is 51.0 Å². The van der Waals surface area contributed by atoms with E-state index in [9.17, 15) is 4.79 Å². The Labute approximate surface area is 108 Å². The van der Waals surface area contributed by atoms with Gasteiger partial charge in [0, 0.05) is 0 Å². The van der Waals surface area contributed by atoms with Crippen molar-refractivity contribution in [1.82, 2.24) is 0 Å². The van der Waals surface area contributed by atoms with Gasteiger partial charge >= 0.3 is 5.97 Å². The van der Waals surface area contributed by atoms with Crippen LogP contribution in [0.3, 0.4) is 0 Å². The molecule has 2 aliphatic carbocycles. The predicted molar refractivity (Wildman–Crippen MR) is 70.4 cm³/mol. The first-order valence-corrected chi connectivity index (χ1v) is 7.01. The van der Waals surface area contributed by atoms with Crippen LogP contribution in [0, 0.1) is 5.92 Å². The molecule has 0 radical (unpaired) electrons. The average Bonchev–Trinajstić information content (AvgIpc) is 3.14. The van der Waals surface area contributed by atoms with E-state index >= 15 is 0 Å². The molecule has 1 aromatic rings. The van der Waals surface area contributed by atoms with Crippen LogP contribution in [0.25, 0.3) is 0 Å². The highest BCUT2D eigenvalue weighted by Crippen LogP contribution is 2.37. The van der Waals surface area contributed by atoms with Crippen LogP contribution < -0.4 is 0 Å². The van der Waals surface area contributed by atoms with Gasteiger partial charge in [-0.1, -0.05) is 24.3 Å². The molecule has 0 saturated heterocycles. The molecule has 96 valence electrons. The van der Waals surface area contributed by atoms with E-state index in [0.29, 0.717) is 18.3 Å². The van der Waals surface area contributed by atoms with Gasteiger partial charge in [0.25, 0.3) is 0 Å². The van der Waals surface area contributed by atoms with Crippen molar-refractivity contribution in [2.24, 2.45) is 5.92 Å². The molecular weight excluding hydrogens is 224 g/mol. The fourth-order valence-corrected chi connectivity index (χ4v) is 2.98. The van der Waals surface area contributed by atoms with E-state index in [1.165, 1.54) is 24.0 Å². The summed E-state index contributed by atoms with van der Waals surface area (Å²) in [6.45, 7) is 2.03. The molecular formula is C16H20O2. The number of aryl methyl sites for hydroxylation is 1. The van der Waals surface area contributed by atoms with Gasteiger partial charge in [-0.05, 0) is 55.6 Å². The Balaban J connectivity index is 1.58. The summed E-state index contributed by atoms with van der Waals surface area (Å²) in [7, 11) is 0. The van der Waals surface area contributed by atoms with Crippen molar-refractivity contribution in [2.75, 3.05) is 0 Å². The molecule has 2 unspecified atom stereocenters. The summed E-state index contributed by atoms with van der Waals surface area (Å²) in [4.78, 5) is 11.9. The number of fused-ring (bicyclic) bond motifs is 1. The highest BCUT2D eigenvalue weighted by molar-refractivity contribution is 5.71. The minimum absolute atomic E-state index is 0.0175. The highest BCUT2D eigenvalue weighted by Gasteiger charge is 2.32. The number of esters is 1. The first-order valence-electron chi connectivity index (χ1n) is 7.01. The molecule has 0 N–H and O–H groups in total. The van der Waals surface area contributed by atoms with Crippen LogP contribution in [-0.4, -0.2) is 12.1 Å². The number of hydrogen-bond acceptors (Lipinski definition) is 2. The fraction of sp³-hybridized carbons (Fsp3) is 0.562. The zero-order valence-corrected chi connectivity index (χ0v) is 10.9. The first kappa shape index (κ1) is 11.8. The maximum atomic E-state index is 11.9. The molecule has 18 heavy (non-hydrogen) atoms. The van der Waals surface area contributed by atoms with Gasteiger partial charge in [0.1, 0.15) is 6.10 Å². The van der Waals surface area contributed by atoms with Gasteiger partial charge in [-0.15, -0.1) is 0 Å². The van der Waals surface area contributed by atoms with Crippen LogP contribution >= 0.6 is 0 Å². The third kappa shape index (κ3) is 2.43. The molecule has 2 nitrogen and oxygen atoms in total. The van der Waals surface area contributed by atoms with E-state index in [-0.39, 0.29) is 12.1 Å². The smallest absolute Gasteiger partial charge is 0.306 e. The molecule has 0 amide bonds. The SMILES string of the molecule is CC(OC(=O)CC1CCc2ccccc21)C1CC1. The van der Waals surface area contributed by atoms with Crippen LogP contribution in [0.4, 0.5) is 0 Å². The van der Waals surface area contributed by atoms with Gasteiger partial charge < -0.3 is 4.74 Å². The van der Waals surface area contributed by atoms with Gasteiger partial charge in [0.05, 0.1) is 6.42 Å². The van der Waals surface area contributed by atoms with E-state index in [4.69, 9.17) is 4.74 Å². The monoisotopic (exact) mass is 244 g/mol. The van der Waals surface area contributed by atoms with Gasteiger partial charge in [-0.3, -0.25) is 4.79 Å². The number of carbonyl (C=O) groups excluding carboxylic acids is 1. The number of rotatable bonds is 4. The van der Waals surface area contributed by atoms with Crippen molar-refractivity contribution in [3.8, 4) is 0 Å². The number of hydrogen-bond donors (Lipinski definition) is 0. The Bertz CT molecular complexity index is 448. The lowest BCUT2D eigenvalue weighted by Gasteiger charge is -2.15. The lowest BCUT2D eigenvalue weighted by molar-refractivity contribution is -0.149. The van der Waals surface area contributed by atoms with E-state index in [1.54, 1.807) is 0 Å². The number of ether oxygens (including phenoxy) is 1. The normalized spacial score (nSPS) is 23.5. The standard InChI is InChI=1S/C16H20O2/c1-11(12-6-7-12)18-16(17)10-14-9-8-13-4-2-3-5-15(13)14/h2-5,11-12,14H,6-10H2,1H3. The van der Waals surface area contributed by atoms with Gasteiger partial charge in [0.2, 0.25) is 0 Å². The van der Waals surface area contributed by atoms with Crippen molar-refractivity contribution >= 4 is 5.97 Å². The second-order valence-electron chi connectivity index (χ2n) is 5.67. The minimum Gasteiger partial charge on any atom is -0.462 e. The molecule has 3 rings (SSSR count). The van der Waals surface area contributed by atoms with Crippen LogP contribution in [-0.2, 0) is 16.0 Å². The Morgan fingerprint density at radius 3 is 2.89 bits per heavy atom. The van der Waals surface area contributed by atoms with E-state index in [1.807, 2.05) is 6.92 Å². The summed E-state index contributed by atoms with van der Waals surface area (Å²) in [5, 5.41) is 0. The maximum Gasteiger partial charge on any atom is 0.306 e. The zero-order chi connectivity index (χ0) is 12.5. The molecule has 0 aliphatic heterocycles. The minimum atomic E-state index is -0.0175. The van der Waals surface area contributed by atoms with Crippen molar-refractivity contribution in [3.05, 3.63) is 35.4 Å². The van der Waals surface area contributed by atoms with Crippen molar-refractivity contribution in [3.63, 3.8) is 0 Å². The van der Waals surface area contributed by atoms with Crippen LogP contribution in [0.5, 0.6) is 0 Å². The van der Waals surface area contributed by atoms with E-state index in [2.05, 4.69) is 24.3 Å². The van der Waals surface area contributed by atoms with E-state index < -0.39 is 0 Å². The van der Waals surface area contributed by atoms with Gasteiger partial charge in [-0.25, -0.2) is 0 Å². The molecule has 1 saturated carbocycles. The number of benzene rings is 1. The van der Waals surface area contributed by atoms with Crippen LogP contribution in [0.1, 0.15) is 49.7 Å². The van der Waals surface area contributed by atoms with Gasteiger partial charge in [0.15, 0.2) is 0 Å². The largest absolute Gasteiger partial charge is 0.462 e. The highest BCUT2D eigenvalue weighted by atomic mass is 16.5. The third-order valence-corrected chi connectivity index (χ3v) is 4.27. The summed E-state index contributed by atoms with van der Waals surface area (Å²) < 4.78 is 5.51. The predicted octanol–water partition coefficient (Wildman–Crippen LogP) is 3.45. The topological polar surface area (TPSA) is 26.3 Å². The Morgan fingerprint density at radius 2 is 2.11 bits per heavy atom. The lowest BCUT2D eigenvalue weighted by atomic mass is 9.98. The molecule has 0 bridgehead atoms. The summed E-state index contributed by atoms with van der Waals surface area (Å²) in [5.74, 6) is 0.987. The lowest BCUT2D eigenvalue weighted by Crippen LogP contribution is -2.18. The molecule has 0 aromatic heterocycles. The molecule has 2 atom stereocenters. The second kappa shape index (κ2) is 4.75. The Hall–Kier alpha value is -1.31. The summed E-state index contributed by atoms with van der Waals surface area (Å²) >= 11 is 0. The van der Waals surface area contributed by atoms with Crippen molar-refractivity contribution < 1.29 is 9.53 Å². The molecule has 0 spiro atoms. The van der Waals surface area contributed by atoms with E-state index in [0.717, 1.165) is 12.8 Å². The van der Waals surface area contributed by atoms with Crippen LogP contribution in [0.15, 0.2) is 24.3 Å². The molecule has 2 aliphatic rings. The number of carbonyl (C=O) groups is 1. The summed E-state index contributed by atoms with van der Waals surface area (Å²) in [6.07, 6.45) is 5.31. The summed E-state index contributed by atoms with van der Waals surface area (Å²) in [5.41, 5.74) is 2.76. The maximum absolute atomic E-state index is 11.9. The second-order valence-corrected chi connectivity index (χ2v) is 5.67. The fourth-order valence-electron chi connectivity index (χ4n) is 2.98.